The molecule has 2 aromatic heterocycles. The molecule has 0 aliphatic carbocycles. The minimum Gasteiger partial charge on any atom is -0.401 e. The molecule has 0 spiro atoms. The number of aromatic nitrogens is 4. The fourth-order valence-electron chi connectivity index (χ4n) is 1.21. The van der Waals surface area contributed by atoms with Gasteiger partial charge in [-0.3, -0.25) is 14.8 Å². The number of hydrogen-bond acceptors (Lipinski definition) is 5. The summed E-state index contributed by atoms with van der Waals surface area (Å²) >= 11 is 0. The molecule has 0 radical (unpaired) electrons. The molecule has 0 saturated heterocycles. The van der Waals surface area contributed by atoms with Crippen molar-refractivity contribution in [2.24, 2.45) is 13.0 Å². The number of carbonyl (C=O) groups is 1. The van der Waals surface area contributed by atoms with E-state index >= 15 is 0 Å². The molecule has 2 rings (SSSR count). The maximum atomic E-state index is 11.4. The smallest absolute Gasteiger partial charge is 0.322 e. The molecule has 1 N–H and O–H groups in total. The molecule has 90 valence electrons. The van der Waals surface area contributed by atoms with Gasteiger partial charge in [-0.15, -0.1) is 5.10 Å². The second-order valence-electron chi connectivity index (χ2n) is 3.90. The Kier molecular flexibility index (Phi) is 2.90. The van der Waals surface area contributed by atoms with Crippen LogP contribution >= 0.6 is 0 Å². The summed E-state index contributed by atoms with van der Waals surface area (Å²) < 4.78 is 6.93. The van der Waals surface area contributed by atoms with Crippen LogP contribution in [-0.2, 0) is 11.8 Å². The van der Waals surface area contributed by atoms with Crippen LogP contribution in [0.4, 0.5) is 6.01 Å². The van der Waals surface area contributed by atoms with Crippen molar-refractivity contribution in [3.05, 3.63) is 12.3 Å². The van der Waals surface area contributed by atoms with E-state index in [0.29, 0.717) is 11.6 Å². The highest BCUT2D eigenvalue weighted by molar-refractivity contribution is 5.90. The largest absolute Gasteiger partial charge is 0.401 e. The minimum absolute atomic E-state index is 0.0971. The Morgan fingerprint density at radius 1 is 1.47 bits per heavy atom. The van der Waals surface area contributed by atoms with Gasteiger partial charge in [-0.2, -0.15) is 5.10 Å². The van der Waals surface area contributed by atoms with Crippen molar-refractivity contribution in [1.29, 1.82) is 0 Å². The van der Waals surface area contributed by atoms with E-state index in [4.69, 9.17) is 4.42 Å². The standard InChI is InChI=1S/C10H13N5O2/c1-6(2)8(16)12-10-14-13-9(17-10)7-4-5-11-15(7)3/h4-6H,1-3H3,(H,12,14,16). The zero-order valence-electron chi connectivity index (χ0n) is 9.84. The maximum absolute atomic E-state index is 11.4. The van der Waals surface area contributed by atoms with Crippen molar-refractivity contribution < 1.29 is 9.21 Å². The van der Waals surface area contributed by atoms with Gasteiger partial charge in [0.1, 0.15) is 5.69 Å². The van der Waals surface area contributed by atoms with Crippen molar-refractivity contribution in [2.45, 2.75) is 13.8 Å². The van der Waals surface area contributed by atoms with Crippen LogP contribution in [0.1, 0.15) is 13.8 Å². The molecule has 2 aromatic rings. The second kappa shape index (κ2) is 4.36. The van der Waals surface area contributed by atoms with Crippen LogP contribution in [0.25, 0.3) is 11.6 Å². The average Bonchev–Trinajstić information content (AvgIpc) is 2.86. The van der Waals surface area contributed by atoms with Crippen molar-refractivity contribution in [3.63, 3.8) is 0 Å². The number of nitrogens with zero attached hydrogens (tertiary/aromatic N) is 4. The van der Waals surface area contributed by atoms with E-state index in [0.717, 1.165) is 0 Å². The molecular weight excluding hydrogens is 222 g/mol. The van der Waals surface area contributed by atoms with E-state index in [1.165, 1.54) is 0 Å². The Hall–Kier alpha value is -2.18. The Morgan fingerprint density at radius 2 is 2.24 bits per heavy atom. The van der Waals surface area contributed by atoms with E-state index in [1.54, 1.807) is 37.8 Å². The average molecular weight is 235 g/mol. The van der Waals surface area contributed by atoms with E-state index in [1.807, 2.05) is 0 Å². The number of rotatable bonds is 3. The summed E-state index contributed by atoms with van der Waals surface area (Å²) in [6.45, 7) is 3.57. The molecule has 17 heavy (non-hydrogen) atoms. The lowest BCUT2D eigenvalue weighted by atomic mass is 10.2. The van der Waals surface area contributed by atoms with Gasteiger partial charge in [0.2, 0.25) is 5.91 Å². The summed E-state index contributed by atoms with van der Waals surface area (Å²) in [6.07, 6.45) is 1.63. The molecule has 0 fully saturated rings. The van der Waals surface area contributed by atoms with E-state index < -0.39 is 0 Å². The molecule has 0 atom stereocenters. The van der Waals surface area contributed by atoms with Crippen LogP contribution in [0.15, 0.2) is 16.7 Å². The van der Waals surface area contributed by atoms with Crippen molar-refractivity contribution in [3.8, 4) is 11.6 Å². The fourth-order valence-corrected chi connectivity index (χ4v) is 1.21. The summed E-state index contributed by atoms with van der Waals surface area (Å²) in [6, 6.07) is 1.85. The molecule has 7 heteroatoms. The lowest BCUT2D eigenvalue weighted by Gasteiger charge is -2.01. The number of amides is 1. The van der Waals surface area contributed by atoms with Gasteiger partial charge in [0.05, 0.1) is 0 Å². The van der Waals surface area contributed by atoms with Crippen LogP contribution in [0.3, 0.4) is 0 Å². The third-order valence-electron chi connectivity index (χ3n) is 2.22. The van der Waals surface area contributed by atoms with Gasteiger partial charge < -0.3 is 4.42 Å². The molecule has 0 bridgehead atoms. The third kappa shape index (κ3) is 2.32. The topological polar surface area (TPSA) is 85.8 Å². The van der Waals surface area contributed by atoms with Gasteiger partial charge in [0, 0.05) is 19.2 Å². The highest BCUT2D eigenvalue weighted by Crippen LogP contribution is 2.18. The van der Waals surface area contributed by atoms with Crippen LogP contribution in [0.5, 0.6) is 0 Å². The molecule has 0 unspecified atom stereocenters. The zero-order valence-corrected chi connectivity index (χ0v) is 9.84. The molecule has 0 aliphatic heterocycles. The van der Waals surface area contributed by atoms with Crippen LogP contribution in [-0.4, -0.2) is 25.9 Å². The van der Waals surface area contributed by atoms with E-state index in [2.05, 4.69) is 20.6 Å². The van der Waals surface area contributed by atoms with Crippen LogP contribution < -0.4 is 5.32 Å². The molecule has 1 amide bonds. The van der Waals surface area contributed by atoms with E-state index in [9.17, 15) is 4.79 Å². The minimum atomic E-state index is -0.162. The van der Waals surface area contributed by atoms with Crippen LogP contribution in [0.2, 0.25) is 0 Å². The Balaban J connectivity index is 2.17. The number of aryl methyl sites for hydroxylation is 1. The monoisotopic (exact) mass is 235 g/mol. The van der Waals surface area contributed by atoms with Crippen molar-refractivity contribution >= 4 is 11.9 Å². The lowest BCUT2D eigenvalue weighted by molar-refractivity contribution is -0.119. The van der Waals surface area contributed by atoms with Gasteiger partial charge in [0.15, 0.2) is 0 Å². The number of nitrogens with one attached hydrogen (secondary N) is 1. The quantitative estimate of drug-likeness (QED) is 0.859. The zero-order chi connectivity index (χ0) is 12.4. The SMILES string of the molecule is CC(C)C(=O)Nc1nnc(-c2ccnn2C)o1. The Labute approximate surface area is 97.8 Å². The summed E-state index contributed by atoms with van der Waals surface area (Å²) in [5.41, 5.74) is 0.697. The summed E-state index contributed by atoms with van der Waals surface area (Å²) in [7, 11) is 1.77. The normalized spacial score (nSPS) is 10.8. The highest BCUT2D eigenvalue weighted by Gasteiger charge is 2.14. The predicted molar refractivity (Wildman–Crippen MR) is 60.0 cm³/mol. The third-order valence-corrected chi connectivity index (χ3v) is 2.22. The Morgan fingerprint density at radius 3 is 2.82 bits per heavy atom. The first-order valence-corrected chi connectivity index (χ1v) is 5.20. The van der Waals surface area contributed by atoms with E-state index in [-0.39, 0.29) is 17.8 Å². The van der Waals surface area contributed by atoms with Gasteiger partial charge in [-0.05, 0) is 6.07 Å². The maximum Gasteiger partial charge on any atom is 0.322 e. The highest BCUT2D eigenvalue weighted by atomic mass is 16.4. The van der Waals surface area contributed by atoms with Gasteiger partial charge in [0.25, 0.3) is 5.89 Å². The molecule has 0 aromatic carbocycles. The first-order valence-electron chi connectivity index (χ1n) is 5.20. The van der Waals surface area contributed by atoms with Crippen molar-refractivity contribution in [1.82, 2.24) is 20.0 Å². The summed E-state index contributed by atoms with van der Waals surface area (Å²) in [5, 5.41) is 14.1. The molecular formula is C10H13N5O2. The van der Waals surface area contributed by atoms with Crippen LogP contribution in [0, 0.1) is 5.92 Å². The number of carbonyl (C=O) groups excluding carboxylic acids is 1. The number of hydrogen-bond donors (Lipinski definition) is 1. The molecule has 0 aliphatic rings. The van der Waals surface area contributed by atoms with Gasteiger partial charge in [-0.25, -0.2) is 0 Å². The lowest BCUT2D eigenvalue weighted by Crippen LogP contribution is -2.17. The molecule has 0 saturated carbocycles. The van der Waals surface area contributed by atoms with Gasteiger partial charge >= 0.3 is 6.01 Å². The van der Waals surface area contributed by atoms with Gasteiger partial charge in [-0.1, -0.05) is 18.9 Å². The fraction of sp³-hybridized carbons (Fsp3) is 0.400. The second-order valence-corrected chi connectivity index (χ2v) is 3.90. The Bertz CT molecular complexity index is 528. The summed E-state index contributed by atoms with van der Waals surface area (Å²) in [5.74, 6) is 0.0244. The summed E-state index contributed by atoms with van der Waals surface area (Å²) in [4.78, 5) is 11.4. The number of anilines is 1. The molecule has 2 heterocycles. The molecule has 7 nitrogen and oxygen atoms in total. The van der Waals surface area contributed by atoms with Crippen molar-refractivity contribution in [2.75, 3.05) is 5.32 Å². The first kappa shape index (κ1) is 11.3. The first-order chi connectivity index (χ1) is 8.08. The predicted octanol–water partition coefficient (Wildman–Crippen LogP) is 1.06.